The normalized spacial score (nSPS) is 44.3. The third kappa shape index (κ3) is 3.59. The average Bonchev–Trinajstić information content (AvgIpc) is 2.96. The van der Waals surface area contributed by atoms with Gasteiger partial charge in [0.15, 0.2) is 0 Å². The van der Waals surface area contributed by atoms with Crippen molar-refractivity contribution in [1.29, 1.82) is 0 Å². The summed E-state index contributed by atoms with van der Waals surface area (Å²) in [5.74, 6) is 2.66. The summed E-state index contributed by atoms with van der Waals surface area (Å²) >= 11 is 0. The highest BCUT2D eigenvalue weighted by Crippen LogP contribution is 2.31. The van der Waals surface area contributed by atoms with Gasteiger partial charge in [-0.05, 0) is 51.0 Å². The molecule has 3 atom stereocenters. The Kier molecular flexibility index (Phi) is 4.93. The maximum atomic E-state index is 11.4. The largest absolute Gasteiger partial charge is 0.314 e. The number of rotatable bonds is 3. The molecule has 2 N–H and O–H groups in total. The molecule has 3 aliphatic rings. The molecule has 3 unspecified atom stereocenters. The van der Waals surface area contributed by atoms with Crippen LogP contribution in [0.25, 0.3) is 0 Å². The van der Waals surface area contributed by atoms with Gasteiger partial charge in [0.1, 0.15) is 0 Å². The van der Waals surface area contributed by atoms with Crippen molar-refractivity contribution in [3.05, 3.63) is 0 Å². The van der Waals surface area contributed by atoms with Crippen molar-refractivity contribution in [2.45, 2.75) is 69.5 Å². The molecule has 0 aromatic carbocycles. The van der Waals surface area contributed by atoms with E-state index in [9.17, 15) is 4.21 Å². The second kappa shape index (κ2) is 6.68. The Hall–Kier alpha value is 0.0700. The van der Waals surface area contributed by atoms with Gasteiger partial charge in [0.05, 0.1) is 0 Å². The quantitative estimate of drug-likeness (QED) is 0.830. The van der Waals surface area contributed by atoms with Gasteiger partial charge >= 0.3 is 0 Å². The van der Waals surface area contributed by atoms with Gasteiger partial charge in [0.25, 0.3) is 0 Å². The minimum absolute atomic E-state index is 0.531. The van der Waals surface area contributed by atoms with Crippen LogP contribution in [0.2, 0.25) is 0 Å². The lowest BCUT2D eigenvalue weighted by molar-refractivity contribution is 0.197. The lowest BCUT2D eigenvalue weighted by Crippen LogP contribution is -2.51. The molecule has 0 spiro atoms. The van der Waals surface area contributed by atoms with Gasteiger partial charge < -0.3 is 10.6 Å². The zero-order valence-corrected chi connectivity index (χ0v) is 12.7. The van der Waals surface area contributed by atoms with Gasteiger partial charge in [0, 0.05) is 40.4 Å². The minimum Gasteiger partial charge on any atom is -0.314 e. The van der Waals surface area contributed by atoms with E-state index in [1.165, 1.54) is 45.1 Å². The molecular formula is C15H28N2OS. The molecule has 2 aliphatic heterocycles. The van der Waals surface area contributed by atoms with Crippen LogP contribution in [0.5, 0.6) is 0 Å². The average molecular weight is 284 g/mol. The summed E-state index contributed by atoms with van der Waals surface area (Å²) in [6.45, 7) is 1.22. The Bertz CT molecular complexity index is 307. The van der Waals surface area contributed by atoms with Crippen molar-refractivity contribution in [3.8, 4) is 0 Å². The van der Waals surface area contributed by atoms with Crippen molar-refractivity contribution < 1.29 is 4.21 Å². The van der Waals surface area contributed by atoms with E-state index in [-0.39, 0.29) is 0 Å². The molecule has 0 aromatic rings. The summed E-state index contributed by atoms with van der Waals surface area (Å²) in [6.07, 6.45) is 10.5. The lowest BCUT2D eigenvalue weighted by Gasteiger charge is -2.39. The van der Waals surface area contributed by atoms with E-state index in [1.807, 2.05) is 0 Å². The van der Waals surface area contributed by atoms with Crippen LogP contribution in [0.3, 0.4) is 0 Å². The van der Waals surface area contributed by atoms with Crippen LogP contribution >= 0.6 is 0 Å². The van der Waals surface area contributed by atoms with Crippen LogP contribution in [0.1, 0.15) is 51.4 Å². The van der Waals surface area contributed by atoms with Crippen molar-refractivity contribution in [1.82, 2.24) is 10.6 Å². The monoisotopic (exact) mass is 284 g/mol. The fraction of sp³-hybridized carbons (Fsp3) is 1.00. The summed E-state index contributed by atoms with van der Waals surface area (Å²) in [6, 6.07) is 2.10. The Balaban J connectivity index is 1.55. The number of hydrogen-bond acceptors (Lipinski definition) is 3. The summed E-state index contributed by atoms with van der Waals surface area (Å²) < 4.78 is 11.4. The first-order valence-corrected chi connectivity index (χ1v) is 9.66. The van der Waals surface area contributed by atoms with Crippen LogP contribution in [0.15, 0.2) is 0 Å². The Morgan fingerprint density at radius 2 is 1.74 bits per heavy atom. The second-order valence-corrected chi connectivity index (χ2v) is 8.24. The molecular weight excluding hydrogens is 256 g/mol. The molecule has 3 fully saturated rings. The molecule has 1 saturated carbocycles. The second-order valence-electron chi connectivity index (χ2n) is 6.55. The van der Waals surface area contributed by atoms with Gasteiger partial charge in [-0.15, -0.1) is 0 Å². The Labute approximate surface area is 119 Å². The van der Waals surface area contributed by atoms with E-state index in [0.717, 1.165) is 36.3 Å². The molecule has 0 amide bonds. The molecule has 2 saturated heterocycles. The predicted molar refractivity (Wildman–Crippen MR) is 80.8 cm³/mol. The summed E-state index contributed by atoms with van der Waals surface area (Å²) in [4.78, 5) is 0. The number of hydrogen-bond donors (Lipinski definition) is 2. The molecule has 2 heterocycles. The minimum atomic E-state index is -0.531. The van der Waals surface area contributed by atoms with Crippen LogP contribution < -0.4 is 10.6 Å². The van der Waals surface area contributed by atoms with Crippen molar-refractivity contribution in [2.24, 2.45) is 5.92 Å². The van der Waals surface area contributed by atoms with E-state index in [1.54, 1.807) is 0 Å². The van der Waals surface area contributed by atoms with Crippen molar-refractivity contribution in [2.75, 3.05) is 18.1 Å². The topological polar surface area (TPSA) is 41.1 Å². The molecule has 0 aromatic heterocycles. The highest BCUT2D eigenvalue weighted by atomic mass is 32.2. The van der Waals surface area contributed by atoms with Crippen LogP contribution in [0.4, 0.5) is 0 Å². The van der Waals surface area contributed by atoms with Crippen molar-refractivity contribution >= 4 is 10.8 Å². The molecule has 19 heavy (non-hydrogen) atoms. The third-order valence-electron chi connectivity index (χ3n) is 5.27. The summed E-state index contributed by atoms with van der Waals surface area (Å²) in [5, 5.41) is 7.64. The summed E-state index contributed by atoms with van der Waals surface area (Å²) in [5.41, 5.74) is 0. The Morgan fingerprint density at radius 1 is 0.947 bits per heavy atom. The molecule has 1 aliphatic carbocycles. The van der Waals surface area contributed by atoms with Crippen molar-refractivity contribution in [3.63, 3.8) is 0 Å². The third-order valence-corrected chi connectivity index (χ3v) is 6.65. The molecule has 4 heteroatoms. The van der Waals surface area contributed by atoms with Gasteiger partial charge in [-0.25, -0.2) is 0 Å². The molecule has 3 nitrogen and oxygen atoms in total. The zero-order chi connectivity index (χ0) is 13.1. The predicted octanol–water partition coefficient (Wildman–Crippen LogP) is 1.80. The van der Waals surface area contributed by atoms with E-state index in [2.05, 4.69) is 10.6 Å². The molecule has 0 bridgehead atoms. The van der Waals surface area contributed by atoms with Gasteiger partial charge in [-0.2, -0.15) is 0 Å². The lowest BCUT2D eigenvalue weighted by atomic mass is 9.78. The first-order chi connectivity index (χ1) is 9.33. The number of nitrogens with one attached hydrogen (secondary N) is 2. The van der Waals surface area contributed by atoms with Gasteiger partial charge in [-0.1, -0.05) is 12.8 Å². The van der Waals surface area contributed by atoms with Crippen LogP contribution in [0, 0.1) is 5.92 Å². The SMILES string of the molecule is O=S1CCC(NC2CCCCC2C2CCCN2)CC1. The zero-order valence-electron chi connectivity index (χ0n) is 11.9. The van der Waals surface area contributed by atoms with Gasteiger partial charge in [-0.3, -0.25) is 4.21 Å². The molecule has 110 valence electrons. The van der Waals surface area contributed by atoms with E-state index >= 15 is 0 Å². The molecule has 0 radical (unpaired) electrons. The fourth-order valence-electron chi connectivity index (χ4n) is 4.19. The maximum absolute atomic E-state index is 11.4. The first kappa shape index (κ1) is 14.0. The van der Waals surface area contributed by atoms with Crippen LogP contribution in [-0.4, -0.2) is 40.4 Å². The highest BCUT2D eigenvalue weighted by Gasteiger charge is 2.34. The standard InChI is InChI=1S/C15H28N2OS/c18-19-10-7-12(8-11-19)17-15-5-2-1-4-13(15)14-6-3-9-16-14/h12-17H,1-11H2. The summed E-state index contributed by atoms with van der Waals surface area (Å²) in [7, 11) is -0.531. The Morgan fingerprint density at radius 3 is 2.47 bits per heavy atom. The first-order valence-electron chi connectivity index (χ1n) is 8.17. The maximum Gasteiger partial charge on any atom is 0.0249 e. The smallest absolute Gasteiger partial charge is 0.0249 e. The van der Waals surface area contributed by atoms with Gasteiger partial charge in [0.2, 0.25) is 0 Å². The van der Waals surface area contributed by atoms with Crippen LogP contribution in [-0.2, 0) is 10.8 Å². The van der Waals surface area contributed by atoms with E-state index in [0.29, 0.717) is 12.1 Å². The van der Waals surface area contributed by atoms with E-state index in [4.69, 9.17) is 0 Å². The van der Waals surface area contributed by atoms with E-state index < -0.39 is 10.8 Å². The fourth-order valence-corrected chi connectivity index (χ4v) is 5.49. The molecule has 3 rings (SSSR count). The highest BCUT2D eigenvalue weighted by molar-refractivity contribution is 7.85.